The Morgan fingerprint density at radius 1 is 0.923 bits per heavy atom. The monoisotopic (exact) mass is 357 g/mol. The average Bonchev–Trinajstić information content (AvgIpc) is 2.88. The number of methoxy groups -OCH3 is 3. The highest BCUT2D eigenvalue weighted by Crippen LogP contribution is 2.40. The van der Waals surface area contributed by atoms with Crippen LogP contribution < -0.4 is 18.9 Å². The smallest absolute Gasteiger partial charge is 0.165 e. The second-order valence-electron chi connectivity index (χ2n) is 6.36. The lowest BCUT2D eigenvalue weighted by Gasteiger charge is -2.19. The van der Waals surface area contributed by atoms with Crippen molar-refractivity contribution in [1.82, 2.24) is 4.90 Å². The topological polar surface area (TPSA) is 40.2 Å². The summed E-state index contributed by atoms with van der Waals surface area (Å²) in [5.74, 6) is 3.05. The highest BCUT2D eigenvalue weighted by atomic mass is 16.5. The van der Waals surface area contributed by atoms with Crippen LogP contribution in [0.3, 0.4) is 0 Å². The number of nitrogens with zero attached hydrogens (tertiary/aromatic N) is 1. The maximum atomic E-state index is 6.01. The molecule has 0 saturated heterocycles. The second kappa shape index (κ2) is 8.32. The quantitative estimate of drug-likeness (QED) is 0.782. The van der Waals surface area contributed by atoms with E-state index in [1.54, 1.807) is 21.3 Å². The van der Waals surface area contributed by atoms with Crippen LogP contribution in [0.5, 0.6) is 23.0 Å². The number of rotatable bonds is 6. The van der Waals surface area contributed by atoms with Crippen LogP contribution in [0.1, 0.15) is 18.9 Å². The molecule has 1 heterocycles. The van der Waals surface area contributed by atoms with E-state index in [-0.39, 0.29) is 0 Å². The van der Waals surface area contributed by atoms with Crippen molar-refractivity contribution in [3.05, 3.63) is 35.9 Å². The summed E-state index contributed by atoms with van der Waals surface area (Å²) in [5, 5.41) is 0. The van der Waals surface area contributed by atoms with Gasteiger partial charge in [-0.2, -0.15) is 0 Å². The van der Waals surface area contributed by atoms with Gasteiger partial charge in [0, 0.05) is 18.7 Å². The van der Waals surface area contributed by atoms with Gasteiger partial charge in [0.25, 0.3) is 0 Å². The van der Waals surface area contributed by atoms with Crippen LogP contribution in [0.15, 0.2) is 30.3 Å². The van der Waals surface area contributed by atoms with E-state index in [2.05, 4.69) is 17.9 Å². The number of benzene rings is 2. The van der Waals surface area contributed by atoms with Crippen molar-refractivity contribution in [1.29, 1.82) is 0 Å². The molecule has 0 amide bonds. The van der Waals surface area contributed by atoms with Crippen molar-refractivity contribution in [2.75, 3.05) is 41.0 Å². The van der Waals surface area contributed by atoms with Crippen molar-refractivity contribution in [3.8, 4) is 34.1 Å². The molecule has 0 fully saturated rings. The summed E-state index contributed by atoms with van der Waals surface area (Å²) in [4.78, 5) is 2.42. The highest BCUT2D eigenvalue weighted by Gasteiger charge is 2.20. The lowest BCUT2D eigenvalue weighted by atomic mass is 10.0. The Morgan fingerprint density at radius 3 is 2.35 bits per heavy atom. The predicted octanol–water partition coefficient (Wildman–Crippen LogP) is 3.98. The van der Waals surface area contributed by atoms with Crippen LogP contribution in [0.25, 0.3) is 11.1 Å². The van der Waals surface area contributed by atoms with Gasteiger partial charge in [-0.15, -0.1) is 0 Å². The van der Waals surface area contributed by atoms with E-state index >= 15 is 0 Å². The molecule has 140 valence electrons. The molecule has 3 rings (SSSR count). The molecule has 0 aromatic heterocycles. The summed E-state index contributed by atoms with van der Waals surface area (Å²) in [7, 11) is 4.98. The third kappa shape index (κ3) is 3.73. The maximum absolute atomic E-state index is 6.01. The lowest BCUT2D eigenvalue weighted by molar-refractivity contribution is 0.223. The first-order chi connectivity index (χ1) is 12.7. The molecule has 2 aromatic carbocycles. The van der Waals surface area contributed by atoms with Crippen molar-refractivity contribution in [2.45, 2.75) is 19.9 Å². The molecule has 0 unspecified atom stereocenters. The summed E-state index contributed by atoms with van der Waals surface area (Å²) in [6.07, 6.45) is 1.13. The molecular formula is C21H27NO4. The van der Waals surface area contributed by atoms with Gasteiger partial charge in [0.1, 0.15) is 6.61 Å². The molecule has 0 aliphatic carbocycles. The van der Waals surface area contributed by atoms with Crippen molar-refractivity contribution in [2.24, 2.45) is 0 Å². The molecular weight excluding hydrogens is 330 g/mol. The fourth-order valence-corrected chi connectivity index (χ4v) is 3.38. The standard InChI is InChI=1S/C21H27NO4/c1-5-8-22-9-10-26-21-17(14-22)11-16(13-20(21)25-4)15-6-7-18(23-2)19(12-15)24-3/h6-7,11-13H,5,8-10,14H2,1-4H3. The molecule has 5 nitrogen and oxygen atoms in total. The van der Waals surface area contributed by atoms with Gasteiger partial charge in [-0.05, 0) is 48.4 Å². The third-order valence-electron chi connectivity index (χ3n) is 4.66. The zero-order valence-electron chi connectivity index (χ0n) is 16.0. The van der Waals surface area contributed by atoms with E-state index in [0.717, 1.165) is 60.0 Å². The van der Waals surface area contributed by atoms with Crippen molar-refractivity contribution >= 4 is 0 Å². The number of hydrogen-bond acceptors (Lipinski definition) is 5. The van der Waals surface area contributed by atoms with Crippen LogP contribution in [0, 0.1) is 0 Å². The number of fused-ring (bicyclic) bond motifs is 1. The summed E-state index contributed by atoms with van der Waals surface area (Å²) in [5.41, 5.74) is 3.28. The Labute approximate surface area is 155 Å². The van der Waals surface area contributed by atoms with Crippen LogP contribution in [-0.2, 0) is 6.54 Å². The fourth-order valence-electron chi connectivity index (χ4n) is 3.38. The van der Waals surface area contributed by atoms with Crippen LogP contribution in [0.2, 0.25) is 0 Å². The third-order valence-corrected chi connectivity index (χ3v) is 4.66. The summed E-state index contributed by atoms with van der Waals surface area (Å²) >= 11 is 0. The van der Waals surface area contributed by atoms with Crippen LogP contribution in [-0.4, -0.2) is 45.9 Å². The molecule has 0 saturated carbocycles. The van der Waals surface area contributed by atoms with Gasteiger partial charge in [-0.1, -0.05) is 13.0 Å². The molecule has 26 heavy (non-hydrogen) atoms. The van der Waals surface area contributed by atoms with E-state index in [0.29, 0.717) is 12.4 Å². The Kier molecular flexibility index (Phi) is 5.89. The Balaban J connectivity index is 2.04. The molecule has 5 heteroatoms. The van der Waals surface area contributed by atoms with E-state index < -0.39 is 0 Å². The summed E-state index contributed by atoms with van der Waals surface area (Å²) in [6.45, 7) is 5.73. The molecule has 0 N–H and O–H groups in total. The van der Waals surface area contributed by atoms with E-state index in [9.17, 15) is 0 Å². The Hall–Kier alpha value is -2.40. The van der Waals surface area contributed by atoms with Gasteiger partial charge in [0.05, 0.1) is 21.3 Å². The predicted molar refractivity (Wildman–Crippen MR) is 103 cm³/mol. The van der Waals surface area contributed by atoms with Crippen LogP contribution >= 0.6 is 0 Å². The van der Waals surface area contributed by atoms with Crippen molar-refractivity contribution < 1.29 is 18.9 Å². The lowest BCUT2D eigenvalue weighted by Crippen LogP contribution is -2.26. The molecule has 0 spiro atoms. The molecule has 0 radical (unpaired) electrons. The van der Waals surface area contributed by atoms with E-state index in [1.807, 2.05) is 24.3 Å². The maximum Gasteiger partial charge on any atom is 0.165 e. The van der Waals surface area contributed by atoms with Gasteiger partial charge in [0.15, 0.2) is 23.0 Å². The molecule has 0 atom stereocenters. The minimum atomic E-state index is 0.680. The zero-order valence-corrected chi connectivity index (χ0v) is 16.0. The van der Waals surface area contributed by atoms with Crippen LogP contribution in [0.4, 0.5) is 0 Å². The highest BCUT2D eigenvalue weighted by molar-refractivity contribution is 5.71. The summed E-state index contributed by atoms with van der Waals surface area (Å²) in [6, 6.07) is 10.2. The van der Waals surface area contributed by atoms with E-state index in [4.69, 9.17) is 18.9 Å². The molecule has 0 bridgehead atoms. The second-order valence-corrected chi connectivity index (χ2v) is 6.36. The first kappa shape index (κ1) is 18.4. The van der Waals surface area contributed by atoms with Gasteiger partial charge in [-0.25, -0.2) is 0 Å². The van der Waals surface area contributed by atoms with Crippen molar-refractivity contribution in [3.63, 3.8) is 0 Å². The van der Waals surface area contributed by atoms with Gasteiger partial charge < -0.3 is 18.9 Å². The van der Waals surface area contributed by atoms with E-state index in [1.165, 1.54) is 0 Å². The minimum Gasteiger partial charge on any atom is -0.493 e. The molecule has 1 aliphatic heterocycles. The Morgan fingerprint density at radius 2 is 1.65 bits per heavy atom. The van der Waals surface area contributed by atoms with Gasteiger partial charge in [-0.3, -0.25) is 4.90 Å². The molecule has 1 aliphatic rings. The SMILES string of the molecule is CCCN1CCOc2c(cc(-c3ccc(OC)c(OC)c3)cc2OC)C1. The number of hydrogen-bond donors (Lipinski definition) is 0. The summed E-state index contributed by atoms with van der Waals surface area (Å²) < 4.78 is 22.4. The van der Waals surface area contributed by atoms with Gasteiger partial charge >= 0.3 is 0 Å². The largest absolute Gasteiger partial charge is 0.493 e. The normalized spacial score (nSPS) is 14.2. The zero-order chi connectivity index (χ0) is 18.5. The Bertz CT molecular complexity index is 760. The average molecular weight is 357 g/mol. The first-order valence-electron chi connectivity index (χ1n) is 8.98. The molecule has 2 aromatic rings. The fraction of sp³-hybridized carbons (Fsp3) is 0.429. The minimum absolute atomic E-state index is 0.680. The number of ether oxygens (including phenoxy) is 4. The van der Waals surface area contributed by atoms with Gasteiger partial charge in [0.2, 0.25) is 0 Å². The first-order valence-corrected chi connectivity index (χ1v) is 8.98.